The average molecular weight is 415 g/mol. The average Bonchev–Trinajstić information content (AvgIpc) is 3.24. The van der Waals surface area contributed by atoms with Gasteiger partial charge >= 0.3 is 0 Å². The Morgan fingerprint density at radius 1 is 0.968 bits per heavy atom. The lowest BCUT2D eigenvalue weighted by Crippen LogP contribution is -2.31. The van der Waals surface area contributed by atoms with Crippen molar-refractivity contribution < 1.29 is 14.3 Å². The van der Waals surface area contributed by atoms with E-state index in [1.807, 2.05) is 49.4 Å². The number of amides is 2. The number of rotatable bonds is 7. The van der Waals surface area contributed by atoms with E-state index in [0.29, 0.717) is 12.2 Å². The van der Waals surface area contributed by atoms with Crippen molar-refractivity contribution in [1.29, 1.82) is 0 Å². The minimum absolute atomic E-state index is 0.0611. The Hall–Kier alpha value is -3.60. The Bertz CT molecular complexity index is 1030. The van der Waals surface area contributed by atoms with Gasteiger partial charge < -0.3 is 15.0 Å². The van der Waals surface area contributed by atoms with Crippen LogP contribution in [-0.2, 0) is 9.59 Å². The molecule has 31 heavy (non-hydrogen) atoms. The van der Waals surface area contributed by atoms with E-state index in [0.717, 1.165) is 29.8 Å². The van der Waals surface area contributed by atoms with Crippen LogP contribution in [0.4, 0.5) is 5.69 Å². The molecule has 1 N–H and O–H groups in total. The molecule has 0 radical (unpaired) electrons. The molecule has 1 unspecified atom stereocenters. The predicted molar refractivity (Wildman–Crippen MR) is 122 cm³/mol. The monoisotopic (exact) mass is 414 g/mol. The summed E-state index contributed by atoms with van der Waals surface area (Å²) in [5.74, 6) is 0.572. The maximum atomic E-state index is 12.3. The summed E-state index contributed by atoms with van der Waals surface area (Å²) < 4.78 is 5.61. The number of nitrogens with one attached hydrogen (secondary N) is 1. The van der Waals surface area contributed by atoms with Crippen molar-refractivity contribution in [3.05, 3.63) is 84.4 Å². The predicted octanol–water partition coefficient (Wildman–Crippen LogP) is 4.74. The summed E-state index contributed by atoms with van der Waals surface area (Å²) in [5, 5.41) is 2.97. The summed E-state index contributed by atoms with van der Waals surface area (Å²) in [6.07, 6.45) is 1.50. The highest BCUT2D eigenvalue weighted by Gasteiger charge is 2.21. The molecule has 1 atom stereocenters. The van der Waals surface area contributed by atoms with E-state index in [-0.39, 0.29) is 24.5 Å². The van der Waals surface area contributed by atoms with Gasteiger partial charge in [0, 0.05) is 18.7 Å². The van der Waals surface area contributed by atoms with Gasteiger partial charge in [-0.3, -0.25) is 9.59 Å². The van der Waals surface area contributed by atoms with Crippen LogP contribution in [0.5, 0.6) is 5.75 Å². The van der Waals surface area contributed by atoms with Crippen LogP contribution in [-0.4, -0.2) is 25.0 Å². The summed E-state index contributed by atoms with van der Waals surface area (Å²) >= 11 is 0. The van der Waals surface area contributed by atoms with Crippen LogP contribution in [0.15, 0.2) is 78.9 Å². The van der Waals surface area contributed by atoms with Crippen molar-refractivity contribution >= 4 is 17.5 Å². The van der Waals surface area contributed by atoms with E-state index in [4.69, 9.17) is 4.74 Å². The summed E-state index contributed by atoms with van der Waals surface area (Å²) in [6, 6.07) is 25.6. The smallest absolute Gasteiger partial charge is 0.258 e. The van der Waals surface area contributed by atoms with Crippen LogP contribution in [0.2, 0.25) is 0 Å². The second-order valence-electron chi connectivity index (χ2n) is 7.71. The molecule has 1 saturated heterocycles. The Balaban J connectivity index is 1.28. The molecule has 1 heterocycles. The molecule has 2 amide bonds. The Labute approximate surface area is 182 Å². The van der Waals surface area contributed by atoms with Gasteiger partial charge in [0.1, 0.15) is 5.75 Å². The molecule has 1 aliphatic rings. The third-order valence-corrected chi connectivity index (χ3v) is 5.49. The zero-order valence-corrected chi connectivity index (χ0v) is 17.6. The van der Waals surface area contributed by atoms with Gasteiger partial charge in [-0.05, 0) is 54.3 Å². The standard InChI is InChI=1S/C26H26N2O3/c1-19(20-9-11-22(12-10-20)21-6-3-2-4-7-21)27-25(29)18-31-24-15-13-23(14-16-24)28-17-5-8-26(28)30/h2-4,6-7,9-16,19H,5,8,17-18H2,1H3,(H,27,29). The van der Waals surface area contributed by atoms with Gasteiger partial charge in [0.15, 0.2) is 6.61 Å². The van der Waals surface area contributed by atoms with Crippen LogP contribution in [0.25, 0.3) is 11.1 Å². The maximum Gasteiger partial charge on any atom is 0.258 e. The van der Waals surface area contributed by atoms with Gasteiger partial charge in [0.05, 0.1) is 6.04 Å². The Kier molecular flexibility index (Phi) is 6.32. The molecule has 0 saturated carbocycles. The quantitative estimate of drug-likeness (QED) is 0.608. The van der Waals surface area contributed by atoms with Crippen LogP contribution in [0, 0.1) is 0 Å². The topological polar surface area (TPSA) is 58.6 Å². The van der Waals surface area contributed by atoms with Crippen LogP contribution >= 0.6 is 0 Å². The summed E-state index contributed by atoms with van der Waals surface area (Å²) in [5.41, 5.74) is 4.21. The third kappa shape index (κ3) is 5.12. The molecule has 0 aliphatic carbocycles. The van der Waals surface area contributed by atoms with E-state index in [1.165, 1.54) is 5.56 Å². The molecule has 5 heteroatoms. The molecule has 158 valence electrons. The first-order valence-corrected chi connectivity index (χ1v) is 10.6. The molecule has 4 rings (SSSR count). The molecule has 1 fully saturated rings. The van der Waals surface area contributed by atoms with E-state index in [2.05, 4.69) is 29.6 Å². The van der Waals surface area contributed by atoms with E-state index in [1.54, 1.807) is 17.0 Å². The number of carbonyl (C=O) groups excluding carboxylic acids is 2. The molecular formula is C26H26N2O3. The molecule has 3 aromatic rings. The van der Waals surface area contributed by atoms with E-state index >= 15 is 0 Å². The highest BCUT2D eigenvalue weighted by Crippen LogP contribution is 2.24. The summed E-state index contributed by atoms with van der Waals surface area (Å²) in [7, 11) is 0. The van der Waals surface area contributed by atoms with Crippen molar-refractivity contribution in [1.82, 2.24) is 5.32 Å². The summed E-state index contributed by atoms with van der Waals surface area (Å²) in [4.78, 5) is 25.9. The lowest BCUT2D eigenvalue weighted by molar-refractivity contribution is -0.123. The molecular weight excluding hydrogens is 388 g/mol. The minimum atomic E-state index is -0.182. The van der Waals surface area contributed by atoms with Gasteiger partial charge in [-0.2, -0.15) is 0 Å². The number of carbonyl (C=O) groups is 2. The zero-order valence-electron chi connectivity index (χ0n) is 17.6. The largest absolute Gasteiger partial charge is 0.484 e. The molecule has 1 aliphatic heterocycles. The third-order valence-electron chi connectivity index (χ3n) is 5.49. The lowest BCUT2D eigenvalue weighted by atomic mass is 10.0. The summed E-state index contributed by atoms with van der Waals surface area (Å²) in [6.45, 7) is 2.65. The number of hydrogen-bond donors (Lipinski definition) is 1. The number of benzene rings is 3. The fourth-order valence-corrected chi connectivity index (χ4v) is 3.75. The fourth-order valence-electron chi connectivity index (χ4n) is 3.75. The van der Waals surface area contributed by atoms with Gasteiger partial charge in [-0.15, -0.1) is 0 Å². The second-order valence-corrected chi connectivity index (χ2v) is 7.71. The lowest BCUT2D eigenvalue weighted by Gasteiger charge is -2.17. The molecule has 3 aromatic carbocycles. The molecule has 0 spiro atoms. The first kappa shape index (κ1) is 20.7. The Morgan fingerprint density at radius 2 is 1.65 bits per heavy atom. The SMILES string of the molecule is CC(NC(=O)COc1ccc(N2CCCC2=O)cc1)c1ccc(-c2ccccc2)cc1. The highest BCUT2D eigenvalue weighted by molar-refractivity contribution is 5.95. The molecule has 5 nitrogen and oxygen atoms in total. The number of anilines is 1. The Morgan fingerprint density at radius 3 is 2.29 bits per heavy atom. The van der Waals surface area contributed by atoms with Gasteiger partial charge in [0.25, 0.3) is 5.91 Å². The van der Waals surface area contributed by atoms with Crippen molar-refractivity contribution in [2.45, 2.75) is 25.8 Å². The van der Waals surface area contributed by atoms with E-state index < -0.39 is 0 Å². The number of ether oxygens (including phenoxy) is 1. The normalized spacial score (nSPS) is 14.4. The minimum Gasteiger partial charge on any atom is -0.484 e. The first-order valence-electron chi connectivity index (χ1n) is 10.6. The molecule has 0 bridgehead atoms. The fraction of sp³-hybridized carbons (Fsp3) is 0.231. The van der Waals surface area contributed by atoms with Crippen LogP contribution in [0.1, 0.15) is 31.4 Å². The zero-order chi connectivity index (χ0) is 21.6. The van der Waals surface area contributed by atoms with Crippen molar-refractivity contribution in [2.75, 3.05) is 18.1 Å². The number of hydrogen-bond acceptors (Lipinski definition) is 3. The van der Waals surface area contributed by atoms with Crippen molar-refractivity contribution in [2.24, 2.45) is 0 Å². The van der Waals surface area contributed by atoms with Gasteiger partial charge in [0.2, 0.25) is 5.91 Å². The van der Waals surface area contributed by atoms with Gasteiger partial charge in [-0.25, -0.2) is 0 Å². The first-order chi connectivity index (χ1) is 15.1. The molecule has 0 aromatic heterocycles. The van der Waals surface area contributed by atoms with Crippen molar-refractivity contribution in [3.63, 3.8) is 0 Å². The number of nitrogens with zero attached hydrogens (tertiary/aromatic N) is 1. The van der Waals surface area contributed by atoms with Crippen LogP contribution in [0.3, 0.4) is 0 Å². The van der Waals surface area contributed by atoms with Gasteiger partial charge in [-0.1, -0.05) is 54.6 Å². The van der Waals surface area contributed by atoms with Crippen LogP contribution < -0.4 is 15.0 Å². The second kappa shape index (κ2) is 9.47. The highest BCUT2D eigenvalue weighted by atomic mass is 16.5. The van der Waals surface area contributed by atoms with Crippen molar-refractivity contribution in [3.8, 4) is 16.9 Å². The van der Waals surface area contributed by atoms with E-state index in [9.17, 15) is 9.59 Å². The maximum absolute atomic E-state index is 12.3.